The molecule has 1 fully saturated rings. The van der Waals surface area contributed by atoms with Crippen molar-refractivity contribution in [1.82, 2.24) is 15.0 Å². The second-order valence-electron chi connectivity index (χ2n) is 6.56. The zero-order chi connectivity index (χ0) is 17.4. The van der Waals surface area contributed by atoms with Gasteiger partial charge in [0.05, 0.1) is 0 Å². The number of nitrogens with zero attached hydrogens (tertiary/aromatic N) is 3. The number of likely N-dealkylation sites (tertiary alicyclic amines) is 1. The largest absolute Gasteiger partial charge is 0.477 e. The average Bonchev–Trinajstić information content (AvgIpc) is 3.29. The summed E-state index contributed by atoms with van der Waals surface area (Å²) in [5, 5.41) is 4.04. The smallest absolute Gasteiger partial charge is 0.264 e. The third-order valence-electron chi connectivity index (χ3n) is 4.87. The first kappa shape index (κ1) is 16.1. The van der Waals surface area contributed by atoms with E-state index in [1.807, 2.05) is 6.92 Å². The number of carbonyl (C=O) groups excluding carboxylic acids is 1. The molecule has 2 aromatic rings. The zero-order valence-corrected chi connectivity index (χ0v) is 14.1. The van der Waals surface area contributed by atoms with Gasteiger partial charge in [0.25, 0.3) is 5.91 Å². The van der Waals surface area contributed by atoms with Gasteiger partial charge in [-0.15, -0.1) is 0 Å². The molecule has 1 saturated heterocycles. The number of hydrogen-bond acceptors (Lipinski definition) is 5. The summed E-state index contributed by atoms with van der Waals surface area (Å²) in [5.41, 5.74) is 0.748. The van der Waals surface area contributed by atoms with Crippen molar-refractivity contribution in [1.29, 1.82) is 0 Å². The molecule has 0 N–H and O–H groups in total. The fraction of sp³-hybridized carbons (Fsp3) is 0.500. The molecule has 3 heterocycles. The van der Waals surface area contributed by atoms with Gasteiger partial charge < -0.3 is 14.2 Å². The topological polar surface area (TPSA) is 68.5 Å². The van der Waals surface area contributed by atoms with E-state index in [9.17, 15) is 9.18 Å². The molecule has 7 heteroatoms. The van der Waals surface area contributed by atoms with Crippen molar-refractivity contribution < 1.29 is 18.4 Å². The molecule has 6 nitrogen and oxygen atoms in total. The Morgan fingerprint density at radius 2 is 2.32 bits per heavy atom. The number of carbonyl (C=O) groups is 1. The fourth-order valence-electron chi connectivity index (χ4n) is 3.54. The third kappa shape index (κ3) is 2.99. The van der Waals surface area contributed by atoms with E-state index < -0.39 is 11.9 Å². The van der Waals surface area contributed by atoms with Crippen LogP contribution in [0.4, 0.5) is 4.39 Å². The number of piperidine rings is 1. The Morgan fingerprint density at radius 1 is 1.44 bits per heavy atom. The SMILES string of the molecule is CCc1nc([C@@H]2CCCN(C(=O)[C@H]3Cc4cccc(F)c4O3)C2)no1. The van der Waals surface area contributed by atoms with Crippen LogP contribution >= 0.6 is 0 Å². The van der Waals surface area contributed by atoms with Crippen molar-refractivity contribution >= 4 is 5.91 Å². The van der Waals surface area contributed by atoms with Crippen LogP contribution in [0.2, 0.25) is 0 Å². The highest BCUT2D eigenvalue weighted by Crippen LogP contribution is 2.33. The first-order valence-corrected chi connectivity index (χ1v) is 8.71. The van der Waals surface area contributed by atoms with Gasteiger partial charge in [0.15, 0.2) is 23.5 Å². The Labute approximate surface area is 145 Å². The van der Waals surface area contributed by atoms with Gasteiger partial charge in [-0.2, -0.15) is 4.98 Å². The molecular formula is C18H20FN3O3. The minimum absolute atomic E-state index is 0.0715. The maximum atomic E-state index is 13.8. The first-order valence-electron chi connectivity index (χ1n) is 8.71. The van der Waals surface area contributed by atoms with Gasteiger partial charge in [-0.1, -0.05) is 24.2 Å². The highest BCUT2D eigenvalue weighted by molar-refractivity contribution is 5.82. The lowest BCUT2D eigenvalue weighted by Gasteiger charge is -2.32. The monoisotopic (exact) mass is 345 g/mol. The molecule has 0 spiro atoms. The summed E-state index contributed by atoms with van der Waals surface area (Å²) >= 11 is 0. The van der Waals surface area contributed by atoms with Crippen LogP contribution in [0.1, 0.15) is 43.0 Å². The summed E-state index contributed by atoms with van der Waals surface area (Å²) in [6.45, 7) is 3.18. The average molecular weight is 345 g/mol. The van der Waals surface area contributed by atoms with E-state index >= 15 is 0 Å². The zero-order valence-electron chi connectivity index (χ0n) is 14.1. The van der Waals surface area contributed by atoms with E-state index in [4.69, 9.17) is 9.26 Å². The van der Waals surface area contributed by atoms with Crippen molar-refractivity contribution in [3.05, 3.63) is 41.3 Å². The molecule has 1 aromatic carbocycles. The van der Waals surface area contributed by atoms with Crippen LogP contribution in [0.25, 0.3) is 0 Å². The molecule has 0 aliphatic carbocycles. The number of para-hydroxylation sites is 1. The molecule has 25 heavy (non-hydrogen) atoms. The molecule has 4 rings (SSSR count). The number of amides is 1. The van der Waals surface area contributed by atoms with Crippen molar-refractivity contribution in [2.24, 2.45) is 0 Å². The van der Waals surface area contributed by atoms with Crippen LogP contribution in [-0.2, 0) is 17.6 Å². The van der Waals surface area contributed by atoms with Crippen molar-refractivity contribution in [2.45, 2.75) is 44.6 Å². The highest BCUT2D eigenvalue weighted by Gasteiger charge is 2.36. The first-order chi connectivity index (χ1) is 12.2. The number of benzene rings is 1. The van der Waals surface area contributed by atoms with Crippen LogP contribution in [0, 0.1) is 5.82 Å². The predicted molar refractivity (Wildman–Crippen MR) is 86.8 cm³/mol. The van der Waals surface area contributed by atoms with Crippen LogP contribution < -0.4 is 4.74 Å². The summed E-state index contributed by atoms with van der Waals surface area (Å²) in [7, 11) is 0. The maximum Gasteiger partial charge on any atom is 0.264 e. The van der Waals surface area contributed by atoms with Crippen LogP contribution in [0.3, 0.4) is 0 Å². The molecule has 0 radical (unpaired) electrons. The summed E-state index contributed by atoms with van der Waals surface area (Å²) < 4.78 is 24.6. The second kappa shape index (κ2) is 6.46. The standard InChI is InChI=1S/C18H20FN3O3/c1-2-15-20-17(21-25-15)12-6-4-8-22(10-12)18(23)14-9-11-5-3-7-13(19)16(11)24-14/h3,5,7,12,14H,2,4,6,8-10H2,1H3/t12-,14-/m1/s1. The minimum atomic E-state index is -0.651. The number of hydrogen-bond donors (Lipinski definition) is 0. The molecule has 1 amide bonds. The molecule has 0 saturated carbocycles. The maximum absolute atomic E-state index is 13.8. The Bertz CT molecular complexity index is 792. The van der Waals surface area contributed by atoms with Crippen molar-refractivity contribution in [3.63, 3.8) is 0 Å². The van der Waals surface area contributed by atoms with Crippen molar-refractivity contribution in [3.8, 4) is 5.75 Å². The van der Waals surface area contributed by atoms with Gasteiger partial charge in [0.2, 0.25) is 5.89 Å². The summed E-state index contributed by atoms with van der Waals surface area (Å²) in [6, 6.07) is 4.79. The van der Waals surface area contributed by atoms with Gasteiger partial charge >= 0.3 is 0 Å². The summed E-state index contributed by atoms with van der Waals surface area (Å²) in [5.74, 6) is 1.05. The molecule has 0 unspecified atom stereocenters. The molecule has 1 aromatic heterocycles. The van der Waals surface area contributed by atoms with Gasteiger partial charge in [-0.25, -0.2) is 4.39 Å². The molecule has 2 aliphatic rings. The lowest BCUT2D eigenvalue weighted by molar-refractivity contribution is -0.139. The van der Waals surface area contributed by atoms with E-state index in [-0.39, 0.29) is 17.6 Å². The number of ether oxygens (including phenoxy) is 1. The lowest BCUT2D eigenvalue weighted by Crippen LogP contribution is -2.46. The highest BCUT2D eigenvalue weighted by atomic mass is 19.1. The van der Waals surface area contributed by atoms with Crippen LogP contribution in [-0.4, -0.2) is 40.1 Å². The third-order valence-corrected chi connectivity index (χ3v) is 4.87. The Kier molecular flexibility index (Phi) is 4.15. The number of rotatable bonds is 3. The summed E-state index contributed by atoms with van der Waals surface area (Å²) in [4.78, 5) is 19.0. The van der Waals surface area contributed by atoms with Gasteiger partial charge in [0, 0.05) is 37.4 Å². The quantitative estimate of drug-likeness (QED) is 0.855. The molecule has 0 bridgehead atoms. The molecular weight excluding hydrogens is 325 g/mol. The van der Waals surface area contributed by atoms with Gasteiger partial charge in [0.1, 0.15) is 0 Å². The predicted octanol–water partition coefficient (Wildman–Crippen LogP) is 2.48. The molecule has 2 atom stereocenters. The van der Waals surface area contributed by atoms with Gasteiger partial charge in [-0.3, -0.25) is 4.79 Å². The van der Waals surface area contributed by atoms with Crippen molar-refractivity contribution in [2.75, 3.05) is 13.1 Å². The number of halogens is 1. The Morgan fingerprint density at radius 3 is 3.08 bits per heavy atom. The van der Waals surface area contributed by atoms with Crippen LogP contribution in [0.5, 0.6) is 5.75 Å². The molecule has 132 valence electrons. The number of aromatic nitrogens is 2. The Balaban J connectivity index is 1.45. The lowest BCUT2D eigenvalue weighted by atomic mass is 9.96. The van der Waals surface area contributed by atoms with E-state index in [1.165, 1.54) is 6.07 Å². The van der Waals surface area contributed by atoms with E-state index in [0.717, 1.165) is 18.4 Å². The summed E-state index contributed by atoms with van der Waals surface area (Å²) in [6.07, 6.45) is 2.26. The number of fused-ring (bicyclic) bond motifs is 1. The Hall–Kier alpha value is -2.44. The van der Waals surface area contributed by atoms with Gasteiger partial charge in [-0.05, 0) is 18.9 Å². The van der Waals surface area contributed by atoms with E-state index in [1.54, 1.807) is 17.0 Å². The molecule has 2 aliphatic heterocycles. The normalized spacial score (nSPS) is 22.6. The van der Waals surface area contributed by atoms with E-state index in [0.29, 0.717) is 37.6 Å². The van der Waals surface area contributed by atoms with E-state index in [2.05, 4.69) is 10.1 Å². The minimum Gasteiger partial charge on any atom is -0.477 e. The second-order valence-corrected chi connectivity index (χ2v) is 6.56. The van der Waals surface area contributed by atoms with Crippen LogP contribution in [0.15, 0.2) is 22.7 Å². The number of aryl methyl sites for hydroxylation is 1. The fourth-order valence-corrected chi connectivity index (χ4v) is 3.54.